The SMILES string of the molecule is N[C@H]1C[C@@H](N2Cc3cn(CCO)nc3C2)COC1c1cc(F)c(F)cc1F. The van der Waals surface area contributed by atoms with Crippen LogP contribution in [0.5, 0.6) is 0 Å². The molecular weight excluding hydrogens is 361 g/mol. The molecule has 0 aliphatic carbocycles. The third kappa shape index (κ3) is 3.47. The van der Waals surface area contributed by atoms with E-state index in [1.165, 1.54) is 0 Å². The Morgan fingerprint density at radius 1 is 1.19 bits per heavy atom. The molecule has 27 heavy (non-hydrogen) atoms. The van der Waals surface area contributed by atoms with Crippen molar-refractivity contribution in [2.75, 3.05) is 13.2 Å². The zero-order valence-electron chi connectivity index (χ0n) is 14.6. The molecule has 3 atom stereocenters. The van der Waals surface area contributed by atoms with Crippen molar-refractivity contribution in [2.45, 2.75) is 44.2 Å². The van der Waals surface area contributed by atoms with Crippen molar-refractivity contribution in [1.29, 1.82) is 0 Å². The van der Waals surface area contributed by atoms with E-state index in [2.05, 4.69) is 10.00 Å². The van der Waals surface area contributed by atoms with Gasteiger partial charge in [-0.1, -0.05) is 0 Å². The van der Waals surface area contributed by atoms with Crippen LogP contribution in [0.4, 0.5) is 13.2 Å². The summed E-state index contributed by atoms with van der Waals surface area (Å²) in [5, 5.41) is 13.4. The number of nitrogens with zero attached hydrogens (tertiary/aromatic N) is 3. The molecule has 2 aliphatic rings. The van der Waals surface area contributed by atoms with Crippen molar-refractivity contribution in [2.24, 2.45) is 5.73 Å². The molecule has 1 saturated heterocycles. The maximum absolute atomic E-state index is 14.0. The summed E-state index contributed by atoms with van der Waals surface area (Å²) in [4.78, 5) is 2.19. The van der Waals surface area contributed by atoms with Gasteiger partial charge in [0.1, 0.15) is 11.9 Å². The van der Waals surface area contributed by atoms with Crippen LogP contribution in [0.1, 0.15) is 29.3 Å². The van der Waals surface area contributed by atoms with Gasteiger partial charge in [0.15, 0.2) is 11.6 Å². The van der Waals surface area contributed by atoms with Crippen LogP contribution in [0.25, 0.3) is 0 Å². The topological polar surface area (TPSA) is 76.5 Å². The van der Waals surface area contributed by atoms with Crippen molar-refractivity contribution in [3.63, 3.8) is 0 Å². The molecule has 0 radical (unpaired) electrons. The van der Waals surface area contributed by atoms with Crippen LogP contribution in [0.3, 0.4) is 0 Å². The van der Waals surface area contributed by atoms with E-state index in [0.29, 0.717) is 38.7 Å². The molecular formula is C18H21F3N4O2. The Balaban J connectivity index is 1.42. The quantitative estimate of drug-likeness (QED) is 0.784. The normalized spacial score (nSPS) is 25.7. The standard InChI is InChI=1S/C18H21F3N4O2/c19-13-5-15(21)14(20)4-12(13)18-16(22)3-11(9-27-18)24-6-10-7-25(1-2-26)23-17(10)8-24/h4-5,7,11,16,18,26H,1-3,6,8-9,22H2/t11-,16+,18?/m1/s1. The predicted octanol–water partition coefficient (Wildman–Crippen LogP) is 1.47. The first kappa shape index (κ1) is 18.4. The second kappa shape index (κ2) is 7.23. The van der Waals surface area contributed by atoms with Gasteiger partial charge in [0.25, 0.3) is 0 Å². The molecule has 4 rings (SSSR count). The van der Waals surface area contributed by atoms with Gasteiger partial charge in [-0.15, -0.1) is 0 Å². The highest BCUT2D eigenvalue weighted by Gasteiger charge is 2.37. The Kier molecular flexibility index (Phi) is 4.94. The predicted molar refractivity (Wildman–Crippen MR) is 89.9 cm³/mol. The number of ether oxygens (including phenoxy) is 1. The summed E-state index contributed by atoms with van der Waals surface area (Å²) in [6.45, 7) is 2.17. The lowest BCUT2D eigenvalue weighted by Gasteiger charge is -2.38. The van der Waals surface area contributed by atoms with Gasteiger partial charge in [-0.3, -0.25) is 9.58 Å². The molecule has 3 heterocycles. The molecule has 6 nitrogen and oxygen atoms in total. The molecule has 146 valence electrons. The summed E-state index contributed by atoms with van der Waals surface area (Å²) in [6, 6.07) is 0.845. The average Bonchev–Trinajstić information content (AvgIpc) is 3.17. The minimum atomic E-state index is -1.23. The van der Waals surface area contributed by atoms with Crippen LogP contribution in [0.15, 0.2) is 18.3 Å². The summed E-state index contributed by atoms with van der Waals surface area (Å²) in [5.41, 5.74) is 8.20. The van der Waals surface area contributed by atoms with E-state index in [1.807, 2.05) is 6.20 Å². The van der Waals surface area contributed by atoms with E-state index in [-0.39, 0.29) is 18.2 Å². The average molecular weight is 382 g/mol. The van der Waals surface area contributed by atoms with E-state index in [4.69, 9.17) is 15.6 Å². The lowest BCUT2D eigenvalue weighted by molar-refractivity contribution is -0.0534. The molecule has 1 fully saturated rings. The number of halogens is 3. The van der Waals surface area contributed by atoms with E-state index in [0.717, 1.165) is 17.3 Å². The largest absolute Gasteiger partial charge is 0.394 e. The third-order valence-corrected chi connectivity index (χ3v) is 5.24. The number of hydrogen-bond acceptors (Lipinski definition) is 5. The molecule has 0 spiro atoms. The first-order valence-corrected chi connectivity index (χ1v) is 8.88. The van der Waals surface area contributed by atoms with E-state index < -0.39 is 29.6 Å². The molecule has 9 heteroatoms. The number of fused-ring (bicyclic) bond motifs is 1. The molecule has 2 aliphatic heterocycles. The number of benzene rings is 1. The molecule has 0 saturated carbocycles. The highest BCUT2D eigenvalue weighted by atomic mass is 19.2. The number of aromatic nitrogens is 2. The summed E-state index contributed by atoms with van der Waals surface area (Å²) in [5.74, 6) is -3.20. The van der Waals surface area contributed by atoms with Crippen LogP contribution in [0, 0.1) is 17.5 Å². The first-order chi connectivity index (χ1) is 13.0. The third-order valence-electron chi connectivity index (χ3n) is 5.24. The number of aliphatic hydroxyl groups is 1. The van der Waals surface area contributed by atoms with E-state index in [9.17, 15) is 13.2 Å². The molecule has 1 unspecified atom stereocenters. The van der Waals surface area contributed by atoms with Gasteiger partial charge in [-0.2, -0.15) is 5.10 Å². The zero-order chi connectivity index (χ0) is 19.1. The number of aliphatic hydroxyl groups excluding tert-OH is 1. The minimum absolute atomic E-state index is 0.0325. The molecule has 0 amide bonds. The Morgan fingerprint density at radius 3 is 2.67 bits per heavy atom. The van der Waals surface area contributed by atoms with Crippen LogP contribution in [0.2, 0.25) is 0 Å². The van der Waals surface area contributed by atoms with Crippen molar-refractivity contribution in [1.82, 2.24) is 14.7 Å². The van der Waals surface area contributed by atoms with E-state index in [1.54, 1.807) is 4.68 Å². The molecule has 2 aromatic rings. The first-order valence-electron chi connectivity index (χ1n) is 8.88. The van der Waals surface area contributed by atoms with Crippen LogP contribution in [-0.2, 0) is 24.4 Å². The lowest BCUT2D eigenvalue weighted by atomic mass is 9.93. The lowest BCUT2D eigenvalue weighted by Crippen LogP contribution is -2.47. The number of hydrogen-bond donors (Lipinski definition) is 2. The fourth-order valence-electron chi connectivity index (χ4n) is 3.89. The minimum Gasteiger partial charge on any atom is -0.394 e. The number of nitrogens with two attached hydrogens (primary N) is 1. The van der Waals surface area contributed by atoms with Crippen molar-refractivity contribution < 1.29 is 23.0 Å². The van der Waals surface area contributed by atoms with Crippen LogP contribution < -0.4 is 5.73 Å². The Hall–Kier alpha value is -1.94. The monoisotopic (exact) mass is 382 g/mol. The van der Waals surface area contributed by atoms with Crippen LogP contribution >= 0.6 is 0 Å². The van der Waals surface area contributed by atoms with Crippen LogP contribution in [-0.4, -0.2) is 45.1 Å². The summed E-state index contributed by atoms with van der Waals surface area (Å²) in [6.07, 6.45) is 1.66. The highest BCUT2D eigenvalue weighted by molar-refractivity contribution is 5.25. The second-order valence-electron chi connectivity index (χ2n) is 7.09. The summed E-state index contributed by atoms with van der Waals surface area (Å²) >= 11 is 0. The van der Waals surface area contributed by atoms with Gasteiger partial charge in [-0.05, 0) is 12.5 Å². The Labute approximate surface area is 154 Å². The van der Waals surface area contributed by atoms with Crippen molar-refractivity contribution >= 4 is 0 Å². The fraction of sp³-hybridized carbons (Fsp3) is 0.500. The maximum Gasteiger partial charge on any atom is 0.161 e. The highest BCUT2D eigenvalue weighted by Crippen LogP contribution is 2.34. The summed E-state index contributed by atoms with van der Waals surface area (Å²) < 4.78 is 48.2. The summed E-state index contributed by atoms with van der Waals surface area (Å²) in [7, 11) is 0. The smallest absolute Gasteiger partial charge is 0.161 e. The molecule has 3 N–H and O–H groups in total. The Bertz CT molecular complexity index is 821. The molecule has 1 aromatic carbocycles. The van der Waals surface area contributed by atoms with Gasteiger partial charge in [0, 0.05) is 48.6 Å². The fourth-order valence-corrected chi connectivity index (χ4v) is 3.89. The molecule has 0 bridgehead atoms. The van der Waals surface area contributed by atoms with E-state index >= 15 is 0 Å². The molecule has 1 aromatic heterocycles. The van der Waals surface area contributed by atoms with Crippen molar-refractivity contribution in [3.05, 3.63) is 52.6 Å². The maximum atomic E-state index is 14.0. The Morgan fingerprint density at radius 2 is 1.96 bits per heavy atom. The van der Waals surface area contributed by atoms with Gasteiger partial charge in [0.05, 0.1) is 25.5 Å². The zero-order valence-corrected chi connectivity index (χ0v) is 14.6. The number of rotatable bonds is 4. The second-order valence-corrected chi connectivity index (χ2v) is 7.09. The van der Waals surface area contributed by atoms with Gasteiger partial charge in [-0.25, -0.2) is 13.2 Å². The van der Waals surface area contributed by atoms with Crippen molar-refractivity contribution in [3.8, 4) is 0 Å². The van der Waals surface area contributed by atoms with Gasteiger partial charge in [0.2, 0.25) is 0 Å². The van der Waals surface area contributed by atoms with Gasteiger partial charge < -0.3 is 15.6 Å². The van der Waals surface area contributed by atoms with Gasteiger partial charge >= 0.3 is 0 Å².